The third-order valence-corrected chi connectivity index (χ3v) is 2.99. The third kappa shape index (κ3) is 2.56. The molecule has 3 nitrogen and oxygen atoms in total. The molecule has 0 aliphatic heterocycles. The van der Waals surface area contributed by atoms with Gasteiger partial charge in [-0.05, 0) is 25.0 Å². The zero-order valence-corrected chi connectivity index (χ0v) is 9.47. The van der Waals surface area contributed by atoms with E-state index in [2.05, 4.69) is 5.32 Å². The van der Waals surface area contributed by atoms with Crippen LogP contribution < -0.4 is 5.32 Å². The van der Waals surface area contributed by atoms with E-state index in [9.17, 15) is 13.6 Å². The summed E-state index contributed by atoms with van der Waals surface area (Å²) in [6.07, 6.45) is 0.444. The predicted octanol–water partition coefficient (Wildman–Crippen LogP) is 1.87. The van der Waals surface area contributed by atoms with Gasteiger partial charge in [-0.15, -0.1) is 0 Å². The maximum absolute atomic E-state index is 13.4. The molecule has 2 N–H and O–H groups in total. The van der Waals surface area contributed by atoms with Gasteiger partial charge in [-0.2, -0.15) is 0 Å². The first-order valence-corrected chi connectivity index (χ1v) is 5.48. The number of aliphatic hydroxyl groups is 1. The fourth-order valence-corrected chi connectivity index (χ4v) is 1.82. The molecule has 92 valence electrons. The highest BCUT2D eigenvalue weighted by Crippen LogP contribution is 2.22. The largest absolute Gasteiger partial charge is 0.393 e. The van der Waals surface area contributed by atoms with E-state index in [1.807, 2.05) is 0 Å². The highest BCUT2D eigenvalue weighted by Gasteiger charge is 2.29. The van der Waals surface area contributed by atoms with Crippen molar-refractivity contribution >= 4 is 17.5 Å². The summed E-state index contributed by atoms with van der Waals surface area (Å²) in [5.74, 6) is -2.41. The molecule has 1 saturated carbocycles. The summed E-state index contributed by atoms with van der Waals surface area (Å²) < 4.78 is 26.5. The van der Waals surface area contributed by atoms with Crippen LogP contribution in [0.2, 0.25) is 5.02 Å². The SMILES string of the molecule is O=C(NC1CC(O)C1)c1cc(F)c(Cl)cc1F. The van der Waals surface area contributed by atoms with Crippen molar-refractivity contribution in [3.63, 3.8) is 0 Å². The Morgan fingerprint density at radius 1 is 1.35 bits per heavy atom. The van der Waals surface area contributed by atoms with Crippen LogP contribution in [0.15, 0.2) is 12.1 Å². The van der Waals surface area contributed by atoms with Gasteiger partial charge in [0.2, 0.25) is 0 Å². The Morgan fingerprint density at radius 3 is 2.59 bits per heavy atom. The number of rotatable bonds is 2. The monoisotopic (exact) mass is 261 g/mol. The Hall–Kier alpha value is -1.20. The molecule has 1 aromatic rings. The van der Waals surface area contributed by atoms with E-state index in [0.717, 1.165) is 12.1 Å². The normalized spacial score (nSPS) is 23.1. The Balaban J connectivity index is 2.11. The van der Waals surface area contributed by atoms with Crippen molar-refractivity contribution in [3.05, 3.63) is 34.4 Å². The molecule has 2 rings (SSSR count). The fourth-order valence-electron chi connectivity index (χ4n) is 1.67. The second-order valence-corrected chi connectivity index (χ2v) is 4.45. The van der Waals surface area contributed by atoms with Crippen molar-refractivity contribution in [2.45, 2.75) is 25.0 Å². The van der Waals surface area contributed by atoms with Crippen LogP contribution in [0.5, 0.6) is 0 Å². The number of carbonyl (C=O) groups excluding carboxylic acids is 1. The summed E-state index contributed by atoms with van der Waals surface area (Å²) in [5, 5.41) is 11.2. The van der Waals surface area contributed by atoms with Gasteiger partial charge in [0.25, 0.3) is 5.91 Å². The van der Waals surface area contributed by atoms with Crippen LogP contribution in [0.3, 0.4) is 0 Å². The van der Waals surface area contributed by atoms with E-state index in [0.29, 0.717) is 12.8 Å². The first-order chi connectivity index (χ1) is 7.97. The number of nitrogens with one attached hydrogen (secondary N) is 1. The van der Waals surface area contributed by atoms with Crippen molar-refractivity contribution in [2.24, 2.45) is 0 Å². The maximum Gasteiger partial charge on any atom is 0.254 e. The summed E-state index contributed by atoms with van der Waals surface area (Å²) in [4.78, 5) is 11.6. The zero-order valence-electron chi connectivity index (χ0n) is 8.71. The van der Waals surface area contributed by atoms with Gasteiger partial charge in [0.05, 0.1) is 16.7 Å². The van der Waals surface area contributed by atoms with E-state index in [-0.39, 0.29) is 16.6 Å². The lowest BCUT2D eigenvalue weighted by atomic mass is 9.89. The van der Waals surface area contributed by atoms with Crippen LogP contribution in [0.25, 0.3) is 0 Å². The molecule has 1 amide bonds. The molecule has 0 unspecified atom stereocenters. The van der Waals surface area contributed by atoms with Gasteiger partial charge in [0.1, 0.15) is 11.6 Å². The summed E-state index contributed by atoms with van der Waals surface area (Å²) >= 11 is 5.37. The second kappa shape index (κ2) is 4.58. The molecule has 17 heavy (non-hydrogen) atoms. The Bertz CT molecular complexity index is 461. The number of carbonyl (C=O) groups is 1. The molecule has 1 aliphatic rings. The lowest BCUT2D eigenvalue weighted by Gasteiger charge is -2.31. The van der Waals surface area contributed by atoms with Crippen molar-refractivity contribution in [1.29, 1.82) is 0 Å². The molecule has 1 aliphatic carbocycles. The molecule has 0 aromatic heterocycles. The molecule has 0 spiro atoms. The Morgan fingerprint density at radius 2 is 2.00 bits per heavy atom. The Kier molecular flexibility index (Phi) is 3.31. The van der Waals surface area contributed by atoms with Gasteiger partial charge in [-0.1, -0.05) is 11.6 Å². The summed E-state index contributed by atoms with van der Waals surface area (Å²) in [5.41, 5.74) is -0.381. The number of aliphatic hydroxyl groups excluding tert-OH is 1. The van der Waals surface area contributed by atoms with Crippen molar-refractivity contribution in [2.75, 3.05) is 0 Å². The average molecular weight is 262 g/mol. The zero-order chi connectivity index (χ0) is 12.6. The van der Waals surface area contributed by atoms with Crippen LogP contribution in [0.4, 0.5) is 8.78 Å². The molecule has 0 heterocycles. The van der Waals surface area contributed by atoms with Gasteiger partial charge in [-0.25, -0.2) is 8.78 Å². The number of halogens is 3. The predicted molar refractivity (Wildman–Crippen MR) is 57.9 cm³/mol. The van der Waals surface area contributed by atoms with Crippen LogP contribution in [-0.2, 0) is 0 Å². The minimum atomic E-state index is -0.867. The topological polar surface area (TPSA) is 49.3 Å². The first-order valence-electron chi connectivity index (χ1n) is 5.11. The quantitative estimate of drug-likeness (QED) is 0.799. The molecule has 0 atom stereocenters. The van der Waals surface area contributed by atoms with E-state index < -0.39 is 23.6 Å². The summed E-state index contributed by atoms with van der Waals surface area (Å²) in [6.45, 7) is 0. The van der Waals surface area contributed by atoms with Crippen LogP contribution in [0, 0.1) is 11.6 Å². The minimum absolute atomic E-state index is 0.185. The molecule has 6 heteroatoms. The smallest absolute Gasteiger partial charge is 0.254 e. The Labute approximate surface area is 101 Å². The number of amides is 1. The third-order valence-electron chi connectivity index (χ3n) is 2.70. The van der Waals surface area contributed by atoms with E-state index in [1.165, 1.54) is 0 Å². The van der Waals surface area contributed by atoms with Gasteiger partial charge in [0, 0.05) is 6.04 Å². The van der Waals surface area contributed by atoms with E-state index in [1.54, 1.807) is 0 Å². The molecule has 1 aromatic carbocycles. The second-order valence-electron chi connectivity index (χ2n) is 4.04. The highest BCUT2D eigenvalue weighted by atomic mass is 35.5. The van der Waals surface area contributed by atoms with Crippen LogP contribution in [0.1, 0.15) is 23.2 Å². The maximum atomic E-state index is 13.4. The van der Waals surface area contributed by atoms with Gasteiger partial charge in [-0.3, -0.25) is 4.79 Å². The molecule has 0 radical (unpaired) electrons. The lowest BCUT2D eigenvalue weighted by Crippen LogP contribution is -2.46. The van der Waals surface area contributed by atoms with E-state index >= 15 is 0 Å². The minimum Gasteiger partial charge on any atom is -0.393 e. The molecular formula is C11H10ClF2NO2. The van der Waals surface area contributed by atoms with Crippen LogP contribution in [-0.4, -0.2) is 23.2 Å². The number of hydrogen-bond acceptors (Lipinski definition) is 2. The van der Waals surface area contributed by atoms with Crippen molar-refractivity contribution in [3.8, 4) is 0 Å². The van der Waals surface area contributed by atoms with Gasteiger partial charge < -0.3 is 10.4 Å². The fraction of sp³-hybridized carbons (Fsp3) is 0.364. The first kappa shape index (κ1) is 12.3. The average Bonchev–Trinajstić information content (AvgIpc) is 2.21. The highest BCUT2D eigenvalue weighted by molar-refractivity contribution is 6.30. The number of benzene rings is 1. The van der Waals surface area contributed by atoms with Gasteiger partial charge in [0.15, 0.2) is 0 Å². The molecule has 1 fully saturated rings. The standard InChI is InChI=1S/C11H10ClF2NO2/c12-8-4-9(13)7(3-10(8)14)11(17)15-5-1-6(16)2-5/h3-6,16H,1-2H2,(H,15,17). The molecule has 0 bridgehead atoms. The summed E-state index contributed by atoms with van der Waals surface area (Å²) in [6, 6.07) is 1.35. The molecule has 0 saturated heterocycles. The van der Waals surface area contributed by atoms with Gasteiger partial charge >= 0.3 is 0 Å². The van der Waals surface area contributed by atoms with Crippen molar-refractivity contribution < 1.29 is 18.7 Å². The molecular weight excluding hydrogens is 252 g/mol. The van der Waals surface area contributed by atoms with E-state index in [4.69, 9.17) is 16.7 Å². The van der Waals surface area contributed by atoms with Crippen molar-refractivity contribution in [1.82, 2.24) is 5.32 Å². The number of hydrogen-bond donors (Lipinski definition) is 2. The summed E-state index contributed by atoms with van der Waals surface area (Å²) in [7, 11) is 0. The lowest BCUT2D eigenvalue weighted by molar-refractivity contribution is 0.0561. The van der Waals surface area contributed by atoms with Crippen LogP contribution >= 0.6 is 11.6 Å².